The van der Waals surface area contributed by atoms with Gasteiger partial charge in [0, 0.05) is 5.02 Å². The minimum absolute atomic E-state index is 0.177. The lowest BCUT2D eigenvalue weighted by Crippen LogP contribution is -2.35. The number of ether oxygens (including phenoxy) is 2. The lowest BCUT2D eigenvalue weighted by molar-refractivity contribution is -0.120. The number of carbonyl (C=O) groups is 1. The summed E-state index contributed by atoms with van der Waals surface area (Å²) in [4.78, 5) is 12.8. The van der Waals surface area contributed by atoms with Crippen LogP contribution in [0.2, 0.25) is 10.0 Å². The number of fused-ring (bicyclic) bond motifs is 1. The zero-order valence-corrected chi connectivity index (χ0v) is 14.9. The molecule has 0 unspecified atom stereocenters. The Morgan fingerprint density at radius 3 is 2.46 bits per heavy atom. The van der Waals surface area contributed by atoms with E-state index in [0.717, 1.165) is 5.56 Å². The van der Waals surface area contributed by atoms with Crippen molar-refractivity contribution in [3.05, 3.63) is 52.0 Å². The van der Waals surface area contributed by atoms with Gasteiger partial charge in [-0.05, 0) is 49.7 Å². The largest absolute Gasteiger partial charge is 0.486 e. The molecule has 1 aliphatic rings. The first-order valence-corrected chi connectivity index (χ1v) is 8.30. The normalized spacial score (nSPS) is 13.5. The van der Waals surface area contributed by atoms with Crippen molar-refractivity contribution in [3.63, 3.8) is 0 Å². The fourth-order valence-corrected chi connectivity index (χ4v) is 2.89. The molecule has 126 valence electrons. The molecule has 0 fully saturated rings. The topological polar surface area (TPSA) is 47.6 Å². The molecule has 0 aromatic heterocycles. The van der Waals surface area contributed by atoms with Crippen LogP contribution in [0.5, 0.6) is 11.5 Å². The number of nitrogens with one attached hydrogen (secondary N) is 1. The summed E-state index contributed by atoms with van der Waals surface area (Å²) in [5.41, 5.74) is 0.574. The van der Waals surface area contributed by atoms with Crippen LogP contribution in [-0.2, 0) is 10.2 Å². The lowest BCUT2D eigenvalue weighted by atomic mass is 9.83. The van der Waals surface area contributed by atoms with Crippen molar-refractivity contribution in [2.24, 2.45) is 0 Å². The van der Waals surface area contributed by atoms with Crippen molar-refractivity contribution in [2.45, 2.75) is 19.3 Å². The summed E-state index contributed by atoms with van der Waals surface area (Å²) in [5.74, 6) is 1.18. The highest BCUT2D eigenvalue weighted by Crippen LogP contribution is 2.36. The van der Waals surface area contributed by atoms with Crippen LogP contribution in [0.3, 0.4) is 0 Å². The molecule has 2 aromatic rings. The summed E-state index contributed by atoms with van der Waals surface area (Å²) in [5, 5.41) is 3.77. The molecule has 6 heteroatoms. The molecule has 0 saturated heterocycles. The predicted octanol–water partition coefficient (Wildman–Crippen LogP) is 4.68. The summed E-state index contributed by atoms with van der Waals surface area (Å²) < 4.78 is 11.1. The lowest BCUT2D eigenvalue weighted by Gasteiger charge is -2.26. The van der Waals surface area contributed by atoms with Crippen LogP contribution in [0, 0.1) is 0 Å². The maximum Gasteiger partial charge on any atom is 0.234 e. The number of benzene rings is 2. The molecule has 4 nitrogen and oxygen atoms in total. The molecule has 0 radical (unpaired) electrons. The van der Waals surface area contributed by atoms with Crippen LogP contribution in [-0.4, -0.2) is 19.1 Å². The number of carbonyl (C=O) groups excluding carboxylic acids is 1. The van der Waals surface area contributed by atoms with Gasteiger partial charge in [-0.3, -0.25) is 4.79 Å². The molecule has 1 aliphatic heterocycles. The molecular formula is C18H17Cl2NO3. The second kappa shape index (κ2) is 6.54. The van der Waals surface area contributed by atoms with Crippen molar-refractivity contribution in [1.82, 2.24) is 0 Å². The highest BCUT2D eigenvalue weighted by Gasteiger charge is 2.31. The van der Waals surface area contributed by atoms with Gasteiger partial charge in [-0.15, -0.1) is 0 Å². The molecule has 1 amide bonds. The number of amides is 1. The van der Waals surface area contributed by atoms with Crippen LogP contribution >= 0.6 is 23.2 Å². The van der Waals surface area contributed by atoms with Gasteiger partial charge in [0.05, 0.1) is 16.1 Å². The van der Waals surface area contributed by atoms with Gasteiger partial charge in [-0.25, -0.2) is 0 Å². The first kappa shape index (κ1) is 16.9. The third-order valence-electron chi connectivity index (χ3n) is 4.01. The monoisotopic (exact) mass is 365 g/mol. The number of hydrogen-bond acceptors (Lipinski definition) is 3. The number of halogens is 2. The molecule has 0 saturated carbocycles. The zero-order valence-electron chi connectivity index (χ0n) is 13.4. The highest BCUT2D eigenvalue weighted by molar-refractivity contribution is 6.36. The molecule has 0 bridgehead atoms. The fraction of sp³-hybridized carbons (Fsp3) is 0.278. The first-order chi connectivity index (χ1) is 11.4. The second-order valence-electron chi connectivity index (χ2n) is 6.06. The van der Waals surface area contributed by atoms with Gasteiger partial charge in [-0.2, -0.15) is 0 Å². The summed E-state index contributed by atoms with van der Waals surface area (Å²) in [6.07, 6.45) is 0. The first-order valence-electron chi connectivity index (χ1n) is 7.54. The predicted molar refractivity (Wildman–Crippen MR) is 95.5 cm³/mol. The molecule has 1 N–H and O–H groups in total. The van der Waals surface area contributed by atoms with Crippen LogP contribution in [0.1, 0.15) is 19.4 Å². The van der Waals surface area contributed by atoms with Crippen molar-refractivity contribution in [2.75, 3.05) is 18.5 Å². The highest BCUT2D eigenvalue weighted by atomic mass is 35.5. The van der Waals surface area contributed by atoms with E-state index in [9.17, 15) is 4.79 Å². The molecule has 0 spiro atoms. The van der Waals surface area contributed by atoms with E-state index in [1.165, 1.54) is 0 Å². The Balaban J connectivity index is 1.85. The van der Waals surface area contributed by atoms with E-state index in [2.05, 4.69) is 5.32 Å². The van der Waals surface area contributed by atoms with Crippen molar-refractivity contribution in [1.29, 1.82) is 0 Å². The third kappa shape index (κ3) is 3.30. The van der Waals surface area contributed by atoms with Gasteiger partial charge >= 0.3 is 0 Å². The van der Waals surface area contributed by atoms with Crippen molar-refractivity contribution in [3.8, 4) is 11.5 Å². The Hall–Kier alpha value is -1.91. The maximum atomic E-state index is 12.8. The van der Waals surface area contributed by atoms with Crippen LogP contribution < -0.4 is 14.8 Å². The van der Waals surface area contributed by atoms with E-state index in [1.807, 2.05) is 32.0 Å². The van der Waals surface area contributed by atoms with Gasteiger partial charge in [0.25, 0.3) is 0 Å². The molecule has 0 aliphatic carbocycles. The van der Waals surface area contributed by atoms with Gasteiger partial charge in [-0.1, -0.05) is 29.3 Å². The van der Waals surface area contributed by atoms with Crippen LogP contribution in [0.15, 0.2) is 36.4 Å². The van der Waals surface area contributed by atoms with Gasteiger partial charge in [0.2, 0.25) is 5.91 Å². The Kier molecular flexibility index (Phi) is 4.61. The smallest absolute Gasteiger partial charge is 0.234 e. The number of anilines is 1. The van der Waals surface area contributed by atoms with E-state index in [0.29, 0.717) is 40.4 Å². The summed E-state index contributed by atoms with van der Waals surface area (Å²) >= 11 is 12.0. The number of rotatable bonds is 3. The Morgan fingerprint density at radius 1 is 1.04 bits per heavy atom. The molecule has 0 atom stereocenters. The Bertz CT molecular complexity index is 790. The summed E-state index contributed by atoms with van der Waals surface area (Å²) in [6, 6.07) is 10.5. The average molecular weight is 366 g/mol. The van der Waals surface area contributed by atoms with Crippen LogP contribution in [0.25, 0.3) is 0 Å². The summed E-state index contributed by atoms with van der Waals surface area (Å²) in [7, 11) is 0. The van der Waals surface area contributed by atoms with E-state index in [-0.39, 0.29) is 5.91 Å². The van der Waals surface area contributed by atoms with Gasteiger partial charge < -0.3 is 14.8 Å². The van der Waals surface area contributed by atoms with Crippen molar-refractivity contribution < 1.29 is 14.3 Å². The molecule has 3 rings (SSSR count). The zero-order chi connectivity index (χ0) is 17.3. The van der Waals surface area contributed by atoms with Gasteiger partial charge in [0.1, 0.15) is 13.2 Å². The summed E-state index contributed by atoms with van der Waals surface area (Å²) in [6.45, 7) is 4.73. The van der Waals surface area contributed by atoms with Crippen LogP contribution in [0.4, 0.5) is 5.69 Å². The van der Waals surface area contributed by atoms with Crippen molar-refractivity contribution >= 4 is 34.8 Å². The molecule has 2 aromatic carbocycles. The SMILES string of the molecule is CC(C)(C(=O)Nc1ccc(Cl)cc1Cl)c1ccc2c(c1)OCCO2. The second-order valence-corrected chi connectivity index (χ2v) is 6.91. The van der Waals surface area contributed by atoms with E-state index in [4.69, 9.17) is 32.7 Å². The van der Waals surface area contributed by atoms with E-state index >= 15 is 0 Å². The average Bonchev–Trinajstić information content (AvgIpc) is 2.56. The molecule has 24 heavy (non-hydrogen) atoms. The Labute approximate surface area is 150 Å². The van der Waals surface area contributed by atoms with E-state index in [1.54, 1.807) is 18.2 Å². The quantitative estimate of drug-likeness (QED) is 0.858. The Morgan fingerprint density at radius 2 is 1.75 bits per heavy atom. The maximum absolute atomic E-state index is 12.8. The third-order valence-corrected chi connectivity index (χ3v) is 4.56. The van der Waals surface area contributed by atoms with Gasteiger partial charge in [0.15, 0.2) is 11.5 Å². The standard InChI is InChI=1S/C18H17Cl2NO3/c1-18(2,11-3-6-15-16(9-11)24-8-7-23-15)17(22)21-14-5-4-12(19)10-13(14)20/h3-6,9-10H,7-8H2,1-2H3,(H,21,22). The minimum atomic E-state index is -0.779. The molecule has 1 heterocycles. The number of hydrogen-bond donors (Lipinski definition) is 1. The minimum Gasteiger partial charge on any atom is -0.486 e. The molecular weight excluding hydrogens is 349 g/mol. The van der Waals surface area contributed by atoms with E-state index < -0.39 is 5.41 Å². The fourth-order valence-electron chi connectivity index (χ4n) is 2.43.